The van der Waals surface area contributed by atoms with Gasteiger partial charge in [0.15, 0.2) is 0 Å². The number of aliphatic hydroxyl groups is 1. The van der Waals surface area contributed by atoms with E-state index in [-0.39, 0.29) is 18.4 Å². The molecule has 2 aromatic carbocycles. The number of carbonyl (C=O) groups excluding carboxylic acids is 1. The van der Waals surface area contributed by atoms with Crippen molar-refractivity contribution >= 4 is 17.3 Å². The number of nitrogens with one attached hydrogen (secondary N) is 1. The van der Waals surface area contributed by atoms with Crippen LogP contribution in [0.1, 0.15) is 24.0 Å². The largest absolute Gasteiger partial charge is 0.393 e. The normalized spacial score (nSPS) is 14.7. The number of benzene rings is 2. The van der Waals surface area contributed by atoms with E-state index in [1.807, 2.05) is 48.5 Å². The van der Waals surface area contributed by atoms with Gasteiger partial charge < -0.3 is 15.3 Å². The quantitative estimate of drug-likeness (QED) is 0.870. The maximum absolute atomic E-state index is 12.6. The summed E-state index contributed by atoms with van der Waals surface area (Å²) in [4.78, 5) is 14.8. The summed E-state index contributed by atoms with van der Waals surface area (Å²) in [5.41, 5.74) is 3.54. The van der Waals surface area contributed by atoms with E-state index in [9.17, 15) is 9.90 Å². The number of para-hydroxylation sites is 2. The molecule has 0 atom stereocenters. The summed E-state index contributed by atoms with van der Waals surface area (Å²) in [5.74, 6) is -0.0973. The number of hydrogen-bond donors (Lipinski definition) is 2. The van der Waals surface area contributed by atoms with Crippen molar-refractivity contribution in [1.29, 1.82) is 5.26 Å². The highest BCUT2D eigenvalue weighted by Crippen LogP contribution is 2.28. The lowest BCUT2D eigenvalue weighted by molar-refractivity contribution is -0.115. The Kier molecular flexibility index (Phi) is 5.88. The van der Waals surface area contributed by atoms with Crippen molar-refractivity contribution in [2.45, 2.75) is 31.8 Å². The highest BCUT2D eigenvalue weighted by atomic mass is 16.3. The summed E-state index contributed by atoms with van der Waals surface area (Å²) in [5, 5.41) is 21.7. The lowest BCUT2D eigenvalue weighted by Gasteiger charge is -2.32. The molecule has 1 heterocycles. The number of aliphatic hydroxyl groups excluding tert-OH is 1. The second kappa shape index (κ2) is 8.50. The zero-order chi connectivity index (χ0) is 18.4. The van der Waals surface area contributed by atoms with Crippen LogP contribution in [0.15, 0.2) is 48.5 Å². The van der Waals surface area contributed by atoms with E-state index >= 15 is 0 Å². The molecule has 0 spiro atoms. The summed E-state index contributed by atoms with van der Waals surface area (Å²) >= 11 is 0. The fourth-order valence-corrected chi connectivity index (χ4v) is 3.32. The molecule has 5 heteroatoms. The molecule has 0 aliphatic carbocycles. The van der Waals surface area contributed by atoms with Crippen molar-refractivity contribution in [2.24, 2.45) is 0 Å². The maximum Gasteiger partial charge on any atom is 0.228 e. The van der Waals surface area contributed by atoms with Crippen LogP contribution in [-0.4, -0.2) is 30.2 Å². The van der Waals surface area contributed by atoms with Crippen molar-refractivity contribution in [3.63, 3.8) is 0 Å². The van der Waals surface area contributed by atoms with E-state index in [2.05, 4.69) is 16.3 Å². The molecule has 2 N–H and O–H groups in total. The van der Waals surface area contributed by atoms with Crippen LogP contribution in [0, 0.1) is 11.3 Å². The van der Waals surface area contributed by atoms with Crippen molar-refractivity contribution < 1.29 is 9.90 Å². The summed E-state index contributed by atoms with van der Waals surface area (Å²) in [6, 6.07) is 17.5. The molecule has 1 aliphatic rings. The first-order valence-electron chi connectivity index (χ1n) is 8.93. The molecule has 0 radical (unpaired) electrons. The number of nitrogens with zero attached hydrogens (tertiary/aromatic N) is 2. The van der Waals surface area contributed by atoms with Gasteiger partial charge in [-0.1, -0.05) is 36.4 Å². The van der Waals surface area contributed by atoms with Gasteiger partial charge in [0.25, 0.3) is 0 Å². The Morgan fingerprint density at radius 3 is 2.50 bits per heavy atom. The molecular formula is C21H23N3O2. The van der Waals surface area contributed by atoms with Gasteiger partial charge in [-0.25, -0.2) is 0 Å². The van der Waals surface area contributed by atoms with Gasteiger partial charge in [0, 0.05) is 13.1 Å². The summed E-state index contributed by atoms with van der Waals surface area (Å²) < 4.78 is 0. The SMILES string of the molecule is N#CCc1ccccc1CC(=O)Nc1ccccc1N1CCC(O)CC1. The Hall–Kier alpha value is -2.84. The third kappa shape index (κ3) is 4.41. The van der Waals surface area contributed by atoms with Crippen LogP contribution in [0.25, 0.3) is 0 Å². The van der Waals surface area contributed by atoms with Crippen molar-refractivity contribution in [3.05, 3.63) is 59.7 Å². The average Bonchev–Trinajstić information content (AvgIpc) is 2.65. The van der Waals surface area contributed by atoms with E-state index in [1.54, 1.807) is 0 Å². The minimum Gasteiger partial charge on any atom is -0.393 e. The number of nitriles is 1. The Bertz CT molecular complexity index is 805. The molecule has 0 aromatic heterocycles. The number of amides is 1. The Morgan fingerprint density at radius 2 is 1.77 bits per heavy atom. The van der Waals surface area contributed by atoms with Crippen LogP contribution in [0.2, 0.25) is 0 Å². The van der Waals surface area contributed by atoms with Crippen LogP contribution < -0.4 is 10.2 Å². The molecule has 0 bridgehead atoms. The lowest BCUT2D eigenvalue weighted by Crippen LogP contribution is -2.36. The van der Waals surface area contributed by atoms with Gasteiger partial charge >= 0.3 is 0 Å². The Balaban J connectivity index is 1.71. The monoisotopic (exact) mass is 349 g/mol. The third-order valence-electron chi connectivity index (χ3n) is 4.72. The minimum atomic E-state index is -0.232. The van der Waals surface area contributed by atoms with Crippen LogP contribution in [0.4, 0.5) is 11.4 Å². The molecule has 134 valence electrons. The van der Waals surface area contributed by atoms with Gasteiger partial charge in [-0.2, -0.15) is 5.26 Å². The Labute approximate surface area is 153 Å². The zero-order valence-electron chi connectivity index (χ0n) is 14.7. The van der Waals surface area contributed by atoms with E-state index in [0.29, 0.717) is 6.42 Å². The Morgan fingerprint density at radius 1 is 1.12 bits per heavy atom. The molecule has 0 unspecified atom stereocenters. The number of carbonyl (C=O) groups is 1. The highest BCUT2D eigenvalue weighted by Gasteiger charge is 2.20. The lowest BCUT2D eigenvalue weighted by atomic mass is 10.0. The van der Waals surface area contributed by atoms with Crippen LogP contribution in [0.5, 0.6) is 0 Å². The topological polar surface area (TPSA) is 76.4 Å². The second-order valence-corrected chi connectivity index (χ2v) is 6.56. The standard InChI is InChI=1S/C21H23N3O2/c22-12-9-16-5-1-2-6-17(16)15-21(26)23-19-7-3-4-8-20(19)24-13-10-18(25)11-14-24/h1-8,18,25H,9-11,13-15H2,(H,23,26). The number of rotatable bonds is 5. The summed E-state index contributed by atoms with van der Waals surface area (Å²) in [7, 11) is 0. The average molecular weight is 349 g/mol. The van der Waals surface area contributed by atoms with Gasteiger partial charge in [-0.3, -0.25) is 4.79 Å². The molecule has 1 fully saturated rings. The number of hydrogen-bond acceptors (Lipinski definition) is 4. The summed E-state index contributed by atoms with van der Waals surface area (Å²) in [6.45, 7) is 1.55. The second-order valence-electron chi connectivity index (χ2n) is 6.56. The molecule has 1 saturated heterocycles. The van der Waals surface area contributed by atoms with Gasteiger partial charge in [0.05, 0.1) is 36.4 Å². The van der Waals surface area contributed by atoms with Gasteiger partial charge in [-0.15, -0.1) is 0 Å². The smallest absolute Gasteiger partial charge is 0.228 e. The van der Waals surface area contributed by atoms with Crippen LogP contribution in [-0.2, 0) is 17.6 Å². The predicted octanol–water partition coefficient (Wildman–Crippen LogP) is 2.89. The number of anilines is 2. The fraction of sp³-hybridized carbons (Fsp3) is 0.333. The van der Waals surface area contributed by atoms with E-state index in [0.717, 1.165) is 48.4 Å². The molecule has 26 heavy (non-hydrogen) atoms. The highest BCUT2D eigenvalue weighted by molar-refractivity contribution is 5.95. The first kappa shape index (κ1) is 18.0. The molecule has 5 nitrogen and oxygen atoms in total. The first-order chi connectivity index (χ1) is 12.7. The van der Waals surface area contributed by atoms with E-state index in [4.69, 9.17) is 5.26 Å². The molecule has 1 amide bonds. The first-order valence-corrected chi connectivity index (χ1v) is 8.93. The number of piperidine rings is 1. The van der Waals surface area contributed by atoms with Crippen molar-refractivity contribution in [1.82, 2.24) is 0 Å². The molecule has 2 aromatic rings. The third-order valence-corrected chi connectivity index (χ3v) is 4.72. The van der Waals surface area contributed by atoms with Gasteiger partial charge in [-0.05, 0) is 36.1 Å². The zero-order valence-corrected chi connectivity index (χ0v) is 14.7. The fourth-order valence-electron chi connectivity index (χ4n) is 3.32. The van der Waals surface area contributed by atoms with Gasteiger partial charge in [0.2, 0.25) is 5.91 Å². The van der Waals surface area contributed by atoms with Gasteiger partial charge in [0.1, 0.15) is 0 Å². The molecule has 1 aliphatic heterocycles. The maximum atomic E-state index is 12.6. The van der Waals surface area contributed by atoms with Crippen LogP contribution >= 0.6 is 0 Å². The molecule has 3 rings (SSSR count). The molecular weight excluding hydrogens is 326 g/mol. The molecule has 0 saturated carbocycles. The van der Waals surface area contributed by atoms with E-state index < -0.39 is 0 Å². The van der Waals surface area contributed by atoms with Crippen LogP contribution in [0.3, 0.4) is 0 Å². The summed E-state index contributed by atoms with van der Waals surface area (Å²) in [6.07, 6.45) is 1.79. The minimum absolute atomic E-state index is 0.0973. The van der Waals surface area contributed by atoms with E-state index in [1.165, 1.54) is 0 Å². The van der Waals surface area contributed by atoms with Crippen molar-refractivity contribution in [2.75, 3.05) is 23.3 Å². The predicted molar refractivity (Wildman–Crippen MR) is 102 cm³/mol. The van der Waals surface area contributed by atoms with Crippen molar-refractivity contribution in [3.8, 4) is 6.07 Å².